The summed E-state index contributed by atoms with van der Waals surface area (Å²) in [5.74, 6) is 1.20. The number of aromatic nitrogens is 3. The molecule has 1 aliphatic rings. The van der Waals surface area contributed by atoms with Crippen LogP contribution in [0.25, 0.3) is 11.0 Å². The van der Waals surface area contributed by atoms with E-state index in [0.29, 0.717) is 17.2 Å². The fourth-order valence-electron chi connectivity index (χ4n) is 2.54. The lowest BCUT2D eigenvalue weighted by Crippen LogP contribution is -2.28. The van der Waals surface area contributed by atoms with Gasteiger partial charge in [-0.25, -0.2) is 4.98 Å². The number of pyridine rings is 1. The van der Waals surface area contributed by atoms with Crippen LogP contribution in [0.15, 0.2) is 48.7 Å². The third-order valence-corrected chi connectivity index (χ3v) is 4.71. The van der Waals surface area contributed by atoms with Gasteiger partial charge < -0.3 is 0 Å². The van der Waals surface area contributed by atoms with Gasteiger partial charge in [0.1, 0.15) is 5.37 Å². The number of carbonyl (C=O) groups is 1. The molecule has 0 spiro atoms. The first-order valence-electron chi connectivity index (χ1n) is 6.62. The van der Waals surface area contributed by atoms with Crippen LogP contribution in [0.2, 0.25) is 0 Å². The summed E-state index contributed by atoms with van der Waals surface area (Å²) in [5, 5.41) is 8.03. The summed E-state index contributed by atoms with van der Waals surface area (Å²) in [6.07, 6.45) is 1.71. The van der Waals surface area contributed by atoms with E-state index in [9.17, 15) is 4.79 Å². The molecule has 4 rings (SSSR count). The smallest absolute Gasteiger partial charge is 0.239 e. The molecule has 21 heavy (non-hydrogen) atoms. The van der Waals surface area contributed by atoms with Crippen molar-refractivity contribution >= 4 is 34.5 Å². The summed E-state index contributed by atoms with van der Waals surface area (Å²) >= 11 is 1.62. The van der Waals surface area contributed by atoms with Crippen molar-refractivity contribution in [3.63, 3.8) is 0 Å². The minimum atomic E-state index is -0.0367. The Bertz CT molecular complexity index is 802. The lowest BCUT2D eigenvalue weighted by atomic mass is 10.2. The number of hydrogen-bond acceptors (Lipinski definition) is 4. The summed E-state index contributed by atoms with van der Waals surface area (Å²) < 4.78 is 0. The van der Waals surface area contributed by atoms with Crippen LogP contribution < -0.4 is 4.90 Å². The van der Waals surface area contributed by atoms with Crippen LogP contribution in [-0.2, 0) is 4.79 Å². The Morgan fingerprint density at radius 3 is 2.90 bits per heavy atom. The molecule has 5 nitrogen and oxygen atoms in total. The summed E-state index contributed by atoms with van der Waals surface area (Å²) in [4.78, 5) is 18.3. The molecule has 1 aromatic carbocycles. The second kappa shape index (κ2) is 4.89. The molecule has 0 radical (unpaired) electrons. The van der Waals surface area contributed by atoms with Gasteiger partial charge in [0.15, 0.2) is 11.5 Å². The van der Waals surface area contributed by atoms with Crippen molar-refractivity contribution in [1.82, 2.24) is 15.2 Å². The van der Waals surface area contributed by atoms with Crippen LogP contribution in [-0.4, -0.2) is 26.8 Å². The Balaban J connectivity index is 1.83. The molecule has 6 heteroatoms. The molecule has 0 aliphatic carbocycles. The van der Waals surface area contributed by atoms with Crippen LogP contribution in [0.5, 0.6) is 0 Å². The highest BCUT2D eigenvalue weighted by molar-refractivity contribution is 8.00. The minimum Gasteiger partial charge on any atom is -0.277 e. The number of thioether (sulfide) groups is 1. The molecular formula is C15H12N4OS. The number of hydrogen-bond donors (Lipinski definition) is 1. The van der Waals surface area contributed by atoms with Crippen molar-refractivity contribution in [1.29, 1.82) is 0 Å². The molecule has 1 atom stereocenters. The zero-order chi connectivity index (χ0) is 14.2. The highest BCUT2D eigenvalue weighted by atomic mass is 32.2. The molecule has 1 unspecified atom stereocenters. The Morgan fingerprint density at radius 1 is 1.19 bits per heavy atom. The van der Waals surface area contributed by atoms with Crippen LogP contribution >= 0.6 is 11.8 Å². The predicted octanol–water partition coefficient (Wildman–Crippen LogP) is 2.74. The van der Waals surface area contributed by atoms with E-state index in [4.69, 9.17) is 0 Å². The maximum absolute atomic E-state index is 12.3. The fraction of sp³-hybridized carbons (Fsp3) is 0.133. The van der Waals surface area contributed by atoms with E-state index in [0.717, 1.165) is 10.9 Å². The summed E-state index contributed by atoms with van der Waals surface area (Å²) in [7, 11) is 0. The number of nitrogens with zero attached hydrogens (tertiary/aromatic N) is 3. The Kier molecular flexibility index (Phi) is 2.89. The van der Waals surface area contributed by atoms with E-state index in [1.165, 1.54) is 0 Å². The second-order valence-corrected chi connectivity index (χ2v) is 5.85. The van der Waals surface area contributed by atoms with E-state index in [-0.39, 0.29) is 11.3 Å². The number of anilines is 1. The maximum Gasteiger partial charge on any atom is 0.239 e. The number of H-pyrrole nitrogens is 1. The minimum absolute atomic E-state index is 0.0367. The maximum atomic E-state index is 12.3. The first-order chi connectivity index (χ1) is 10.3. The molecule has 1 N–H and O–H groups in total. The largest absolute Gasteiger partial charge is 0.277 e. The second-order valence-electron chi connectivity index (χ2n) is 4.78. The third kappa shape index (κ3) is 1.99. The summed E-state index contributed by atoms with van der Waals surface area (Å²) in [6.45, 7) is 0. The number of amides is 1. The Labute approximate surface area is 125 Å². The normalized spacial score (nSPS) is 18.6. The number of benzene rings is 1. The molecule has 3 aromatic rings. The van der Waals surface area contributed by atoms with Gasteiger partial charge in [0.05, 0.1) is 11.1 Å². The molecule has 2 aromatic heterocycles. The molecule has 0 saturated carbocycles. The van der Waals surface area contributed by atoms with Crippen molar-refractivity contribution < 1.29 is 4.79 Å². The van der Waals surface area contributed by atoms with Gasteiger partial charge in [-0.1, -0.05) is 30.3 Å². The predicted molar refractivity (Wildman–Crippen MR) is 83.0 cm³/mol. The molecule has 104 valence electrons. The van der Waals surface area contributed by atoms with Crippen molar-refractivity contribution in [2.75, 3.05) is 10.7 Å². The van der Waals surface area contributed by atoms with Crippen molar-refractivity contribution in [2.24, 2.45) is 0 Å². The lowest BCUT2D eigenvalue weighted by molar-refractivity contribution is -0.115. The van der Waals surface area contributed by atoms with Gasteiger partial charge in [-0.2, -0.15) is 5.10 Å². The van der Waals surface area contributed by atoms with E-state index in [1.807, 2.05) is 42.5 Å². The number of aromatic amines is 1. The van der Waals surface area contributed by atoms with Crippen LogP contribution in [0, 0.1) is 0 Å². The van der Waals surface area contributed by atoms with Gasteiger partial charge in [0, 0.05) is 6.20 Å². The van der Waals surface area contributed by atoms with Crippen LogP contribution in [0.1, 0.15) is 10.9 Å². The average Bonchev–Trinajstić information content (AvgIpc) is 3.11. The fourth-order valence-corrected chi connectivity index (χ4v) is 3.70. The van der Waals surface area contributed by atoms with Gasteiger partial charge in [0.2, 0.25) is 5.91 Å². The summed E-state index contributed by atoms with van der Waals surface area (Å²) in [6, 6.07) is 13.8. The standard InChI is InChI=1S/C15H12N4OS/c20-12-9-21-15(10-5-2-1-3-6-10)19(12)14-11-7-4-8-16-13(11)17-18-14/h1-8,15H,9H2,(H,16,17,18). The van der Waals surface area contributed by atoms with Crippen molar-refractivity contribution in [3.8, 4) is 0 Å². The third-order valence-electron chi connectivity index (χ3n) is 3.50. The van der Waals surface area contributed by atoms with Gasteiger partial charge in [-0.15, -0.1) is 11.8 Å². The van der Waals surface area contributed by atoms with Crippen LogP contribution in [0.3, 0.4) is 0 Å². The zero-order valence-corrected chi connectivity index (χ0v) is 11.9. The first-order valence-corrected chi connectivity index (χ1v) is 7.67. The SMILES string of the molecule is O=C1CSC(c2ccccc2)N1c1n[nH]c2ncccc12. The Hall–Kier alpha value is -2.34. The van der Waals surface area contributed by atoms with E-state index in [2.05, 4.69) is 15.2 Å². The average molecular weight is 296 g/mol. The number of carbonyl (C=O) groups excluding carboxylic acids is 1. The van der Waals surface area contributed by atoms with Gasteiger partial charge in [0.25, 0.3) is 0 Å². The number of rotatable bonds is 2. The highest BCUT2D eigenvalue weighted by Gasteiger charge is 2.36. The molecule has 3 heterocycles. The van der Waals surface area contributed by atoms with Gasteiger partial charge in [-0.05, 0) is 17.7 Å². The van der Waals surface area contributed by atoms with E-state index >= 15 is 0 Å². The molecule has 1 saturated heterocycles. The Morgan fingerprint density at radius 2 is 2.05 bits per heavy atom. The van der Waals surface area contributed by atoms with Gasteiger partial charge >= 0.3 is 0 Å². The topological polar surface area (TPSA) is 61.9 Å². The van der Waals surface area contributed by atoms with E-state index < -0.39 is 0 Å². The number of fused-ring (bicyclic) bond motifs is 1. The lowest BCUT2D eigenvalue weighted by Gasteiger charge is -2.22. The van der Waals surface area contributed by atoms with E-state index in [1.54, 1.807) is 22.9 Å². The van der Waals surface area contributed by atoms with Crippen LogP contribution in [0.4, 0.5) is 5.82 Å². The number of nitrogens with one attached hydrogen (secondary N) is 1. The molecule has 0 bridgehead atoms. The zero-order valence-electron chi connectivity index (χ0n) is 11.1. The highest BCUT2D eigenvalue weighted by Crippen LogP contribution is 2.42. The molecular weight excluding hydrogens is 284 g/mol. The first kappa shape index (κ1) is 12.4. The van der Waals surface area contributed by atoms with Gasteiger partial charge in [-0.3, -0.25) is 14.8 Å². The quantitative estimate of drug-likeness (QED) is 0.790. The molecule has 1 aliphatic heterocycles. The van der Waals surface area contributed by atoms with Crippen molar-refractivity contribution in [3.05, 3.63) is 54.2 Å². The van der Waals surface area contributed by atoms with Crippen molar-refractivity contribution in [2.45, 2.75) is 5.37 Å². The molecule has 1 fully saturated rings. The summed E-state index contributed by atoms with van der Waals surface area (Å²) in [5.41, 5.74) is 1.80. The monoisotopic (exact) mass is 296 g/mol. The molecule has 1 amide bonds.